The van der Waals surface area contributed by atoms with Gasteiger partial charge in [0.2, 0.25) is 5.88 Å². The third kappa shape index (κ3) is 5.97. The normalized spacial score (nSPS) is 15.6. The molecule has 2 heterocycles. The summed E-state index contributed by atoms with van der Waals surface area (Å²) in [7, 11) is 1.80. The first-order valence-corrected chi connectivity index (χ1v) is 11.7. The molecule has 35 heavy (non-hydrogen) atoms. The van der Waals surface area contributed by atoms with Crippen LogP contribution in [0.15, 0.2) is 35.7 Å². The van der Waals surface area contributed by atoms with Crippen LogP contribution < -0.4 is 11.2 Å². The van der Waals surface area contributed by atoms with Crippen molar-refractivity contribution in [2.24, 2.45) is 11.1 Å². The third-order valence-corrected chi connectivity index (χ3v) is 6.45. The van der Waals surface area contributed by atoms with E-state index in [9.17, 15) is 9.90 Å². The fourth-order valence-corrected chi connectivity index (χ4v) is 4.36. The highest BCUT2D eigenvalue weighted by Gasteiger charge is 2.43. The molecule has 0 amide bonds. The number of nitrogens with two attached hydrogens (primary N) is 1. The first-order valence-electron chi connectivity index (χ1n) is 11.7. The van der Waals surface area contributed by atoms with E-state index in [0.717, 1.165) is 40.1 Å². The summed E-state index contributed by atoms with van der Waals surface area (Å²) in [6.07, 6.45) is 0.801. The quantitative estimate of drug-likeness (QED) is 0.496. The van der Waals surface area contributed by atoms with E-state index in [0.29, 0.717) is 6.54 Å². The predicted molar refractivity (Wildman–Crippen MR) is 142 cm³/mol. The van der Waals surface area contributed by atoms with Gasteiger partial charge in [-0.1, -0.05) is 50.6 Å². The molecule has 8 heteroatoms. The molecule has 1 aliphatic rings. The molecule has 192 valence electrons. The summed E-state index contributed by atoms with van der Waals surface area (Å²) in [6, 6.07) is 8.36. The molecule has 1 aliphatic heterocycles. The van der Waals surface area contributed by atoms with Gasteiger partial charge in [0.25, 0.3) is 0 Å². The molecule has 3 rings (SSSR count). The predicted octanol–water partition coefficient (Wildman–Crippen LogP) is 4.88. The average Bonchev–Trinajstić information content (AvgIpc) is 2.94. The van der Waals surface area contributed by atoms with Crippen molar-refractivity contribution >= 4 is 18.4 Å². The van der Waals surface area contributed by atoms with Crippen LogP contribution in [-0.4, -0.2) is 33.7 Å². The number of aryl methyl sites for hydroxylation is 2. The summed E-state index contributed by atoms with van der Waals surface area (Å²) < 4.78 is 6.14. The van der Waals surface area contributed by atoms with E-state index in [2.05, 4.69) is 57.4 Å². The second-order valence-corrected chi connectivity index (χ2v) is 10.8. The molecule has 7 nitrogen and oxygen atoms in total. The molecule has 0 fully saturated rings. The van der Waals surface area contributed by atoms with Gasteiger partial charge < -0.3 is 15.6 Å². The Morgan fingerprint density at radius 2 is 1.77 bits per heavy atom. The molecule has 0 unspecified atom stereocenters. The lowest BCUT2D eigenvalue weighted by atomic mass is 9.85. The van der Waals surface area contributed by atoms with Crippen molar-refractivity contribution in [1.29, 1.82) is 0 Å². The van der Waals surface area contributed by atoms with Gasteiger partial charge in [0.05, 0.1) is 5.54 Å². The maximum Gasteiger partial charge on any atom is 0.339 e. The zero-order valence-electron chi connectivity index (χ0n) is 22.1. The molecule has 1 aromatic heterocycles. The van der Waals surface area contributed by atoms with Crippen molar-refractivity contribution in [3.63, 3.8) is 0 Å². The number of carboxylic acid groups (broad SMARTS) is 1. The number of rotatable bonds is 7. The van der Waals surface area contributed by atoms with Crippen LogP contribution in [-0.2, 0) is 29.1 Å². The fraction of sp³-hybridized carbons (Fsp3) is 0.481. The van der Waals surface area contributed by atoms with Crippen LogP contribution in [0.25, 0.3) is 11.1 Å². The summed E-state index contributed by atoms with van der Waals surface area (Å²) >= 11 is 0. The Hall–Kier alpha value is -2.61. The van der Waals surface area contributed by atoms with E-state index >= 15 is 0 Å². The first kappa shape index (κ1) is 28.6. The number of hydrazine groups is 1. The molecule has 0 aliphatic carbocycles. The monoisotopic (exact) mass is 502 g/mol. The lowest BCUT2D eigenvalue weighted by Gasteiger charge is -2.27. The molecule has 0 radical (unpaired) electrons. The number of aromatic nitrogens is 1. The van der Waals surface area contributed by atoms with Crippen molar-refractivity contribution < 1.29 is 14.6 Å². The van der Waals surface area contributed by atoms with Gasteiger partial charge in [-0.05, 0) is 56.2 Å². The Bertz CT molecular complexity index is 1120. The Morgan fingerprint density at radius 3 is 2.29 bits per heavy atom. The number of likely N-dealkylation sites (N-methyl/N-ethyl adjacent to an activating group) is 1. The van der Waals surface area contributed by atoms with E-state index < -0.39 is 11.5 Å². The van der Waals surface area contributed by atoms with Gasteiger partial charge >= 0.3 is 5.97 Å². The number of nitrogens with zero attached hydrogens (tertiary/aromatic N) is 2. The molecule has 0 atom stereocenters. The lowest BCUT2D eigenvalue weighted by molar-refractivity contribution is -0.133. The zero-order valence-corrected chi connectivity index (χ0v) is 22.9. The minimum absolute atomic E-state index is 0. The van der Waals surface area contributed by atoms with E-state index in [1.165, 1.54) is 5.56 Å². The van der Waals surface area contributed by atoms with Crippen LogP contribution in [0.3, 0.4) is 0 Å². The van der Waals surface area contributed by atoms with Crippen LogP contribution in [0.1, 0.15) is 62.7 Å². The largest absolute Gasteiger partial charge is 0.478 e. The van der Waals surface area contributed by atoms with Crippen LogP contribution in [0.2, 0.25) is 0 Å². The molecule has 4 N–H and O–H groups in total. The van der Waals surface area contributed by atoms with E-state index in [1.807, 2.05) is 20.8 Å². The van der Waals surface area contributed by atoms with Gasteiger partial charge in [-0.2, -0.15) is 0 Å². The standard InChI is InChI=1S/C27H38N4O3.ClH/c1-16-9-11-18(12-10-16)22-19(14-28)21(13-26(3,4)5)29-17(2)20(22)15-34-24-23(25(32)33)27(6,7)31(8)30-24;/h9-12,30H,13-15,28H2,1-8H3,(H,32,33);1H. The highest BCUT2D eigenvalue weighted by Crippen LogP contribution is 2.36. The van der Waals surface area contributed by atoms with Gasteiger partial charge in [0.1, 0.15) is 12.2 Å². The smallest absolute Gasteiger partial charge is 0.339 e. The molecule has 1 aromatic carbocycles. The number of halogens is 1. The van der Waals surface area contributed by atoms with Crippen molar-refractivity contribution in [3.05, 3.63) is 63.8 Å². The number of nitrogens with one attached hydrogen (secondary N) is 1. The van der Waals surface area contributed by atoms with Crippen LogP contribution in [0.5, 0.6) is 0 Å². The fourth-order valence-electron chi connectivity index (χ4n) is 4.36. The summed E-state index contributed by atoms with van der Waals surface area (Å²) in [5.74, 6) is -0.754. The number of ether oxygens (including phenoxy) is 1. The summed E-state index contributed by atoms with van der Waals surface area (Å²) in [4.78, 5) is 17.0. The topological polar surface area (TPSA) is 101 Å². The summed E-state index contributed by atoms with van der Waals surface area (Å²) in [5.41, 5.74) is 15.9. The van der Waals surface area contributed by atoms with Crippen LogP contribution >= 0.6 is 12.4 Å². The Balaban J connectivity index is 0.00000432. The maximum atomic E-state index is 12.0. The SMILES string of the molecule is Cc1ccc(-c2c(COC3=C(C(=O)O)C(C)(C)N(C)N3)c(C)nc(CC(C)(C)C)c2CN)cc1.Cl. The third-order valence-electron chi connectivity index (χ3n) is 6.45. The van der Waals surface area contributed by atoms with Gasteiger partial charge in [-0.25, -0.2) is 9.80 Å². The number of benzene rings is 1. The Kier molecular flexibility index (Phi) is 8.64. The van der Waals surface area contributed by atoms with Crippen molar-refractivity contribution in [2.75, 3.05) is 7.05 Å². The molecule has 0 bridgehead atoms. The zero-order chi connectivity index (χ0) is 25.4. The molecule has 0 spiro atoms. The number of carbonyl (C=O) groups is 1. The second kappa shape index (κ2) is 10.6. The number of hydrogen-bond donors (Lipinski definition) is 3. The molecule has 0 saturated carbocycles. The Labute approximate surface area is 215 Å². The molecular weight excluding hydrogens is 464 g/mol. The number of aliphatic carboxylic acids is 1. The van der Waals surface area contributed by atoms with Crippen LogP contribution in [0.4, 0.5) is 0 Å². The molecule has 2 aromatic rings. The minimum Gasteiger partial charge on any atom is -0.478 e. The van der Waals surface area contributed by atoms with Gasteiger partial charge in [0, 0.05) is 30.5 Å². The number of hydrogen-bond acceptors (Lipinski definition) is 6. The van der Waals surface area contributed by atoms with E-state index in [1.54, 1.807) is 12.1 Å². The van der Waals surface area contributed by atoms with Gasteiger partial charge in [0.15, 0.2) is 0 Å². The van der Waals surface area contributed by atoms with Crippen molar-refractivity contribution in [3.8, 4) is 11.1 Å². The number of pyridine rings is 1. The van der Waals surface area contributed by atoms with Crippen LogP contribution in [0, 0.1) is 19.3 Å². The highest BCUT2D eigenvalue weighted by atomic mass is 35.5. The minimum atomic E-state index is -1.01. The van der Waals surface area contributed by atoms with Gasteiger partial charge in [-0.3, -0.25) is 10.4 Å². The molecular formula is C27H39ClN4O3. The van der Waals surface area contributed by atoms with E-state index in [4.69, 9.17) is 15.5 Å². The maximum absolute atomic E-state index is 12.0. The second-order valence-electron chi connectivity index (χ2n) is 10.8. The lowest BCUT2D eigenvalue weighted by Crippen LogP contribution is -2.44. The highest BCUT2D eigenvalue weighted by molar-refractivity contribution is 5.90. The molecule has 0 saturated heterocycles. The average molecular weight is 503 g/mol. The summed E-state index contributed by atoms with van der Waals surface area (Å²) in [6.45, 7) is 14.8. The van der Waals surface area contributed by atoms with Crippen molar-refractivity contribution in [2.45, 2.75) is 73.6 Å². The Morgan fingerprint density at radius 1 is 1.17 bits per heavy atom. The number of carboxylic acids is 1. The first-order chi connectivity index (χ1) is 15.8. The van der Waals surface area contributed by atoms with E-state index in [-0.39, 0.29) is 35.9 Å². The van der Waals surface area contributed by atoms with Gasteiger partial charge in [-0.15, -0.1) is 12.4 Å². The van der Waals surface area contributed by atoms with Crippen molar-refractivity contribution in [1.82, 2.24) is 15.4 Å². The summed E-state index contributed by atoms with van der Waals surface area (Å²) in [5, 5.41) is 11.6.